The van der Waals surface area contributed by atoms with E-state index in [9.17, 15) is 20.1 Å². The maximum Gasteiger partial charge on any atom is 0.335 e. The topological polar surface area (TPSA) is 77.8 Å². The fraction of sp³-hybridized carbons (Fsp3) is 0.947. The predicted molar refractivity (Wildman–Crippen MR) is 85.7 cm³/mol. The minimum Gasteiger partial charge on any atom is -0.479 e. The molecule has 4 rings (SSSR count). The van der Waals surface area contributed by atoms with Gasteiger partial charge in [0.25, 0.3) is 0 Å². The van der Waals surface area contributed by atoms with E-state index in [0.29, 0.717) is 36.5 Å². The number of fused-ring (bicyclic) bond motifs is 5. The first-order valence-electron chi connectivity index (χ1n) is 9.34. The maximum atomic E-state index is 11.6. The van der Waals surface area contributed by atoms with Gasteiger partial charge in [-0.25, -0.2) is 4.79 Å². The summed E-state index contributed by atoms with van der Waals surface area (Å²) in [5.74, 6) is 0.982. The van der Waals surface area contributed by atoms with Gasteiger partial charge in [0.2, 0.25) is 0 Å². The van der Waals surface area contributed by atoms with Gasteiger partial charge in [-0.05, 0) is 85.9 Å². The molecule has 0 aromatic carbocycles. The van der Waals surface area contributed by atoms with Crippen LogP contribution in [0, 0.1) is 34.5 Å². The van der Waals surface area contributed by atoms with Crippen molar-refractivity contribution in [2.45, 2.75) is 76.9 Å². The summed E-state index contributed by atoms with van der Waals surface area (Å²) in [6, 6.07) is 0. The monoisotopic (exact) mass is 322 g/mol. The summed E-state index contributed by atoms with van der Waals surface area (Å²) < 4.78 is 0. The molecule has 4 heteroatoms. The molecule has 0 radical (unpaired) electrons. The number of aliphatic carboxylic acids is 1. The van der Waals surface area contributed by atoms with Crippen molar-refractivity contribution in [2.24, 2.45) is 34.5 Å². The Kier molecular flexibility index (Phi) is 3.26. The second-order valence-corrected chi connectivity index (χ2v) is 9.51. The van der Waals surface area contributed by atoms with Gasteiger partial charge in [0.15, 0.2) is 5.60 Å². The fourth-order valence-electron chi connectivity index (χ4n) is 7.39. The van der Waals surface area contributed by atoms with Gasteiger partial charge in [0, 0.05) is 0 Å². The van der Waals surface area contributed by atoms with E-state index in [1.54, 1.807) is 0 Å². The molecule has 0 aliphatic heterocycles. The average molecular weight is 322 g/mol. The molecule has 8 atom stereocenters. The van der Waals surface area contributed by atoms with Gasteiger partial charge in [-0.1, -0.05) is 13.8 Å². The van der Waals surface area contributed by atoms with E-state index in [2.05, 4.69) is 13.8 Å². The number of carboxylic acids is 1. The molecule has 3 N–H and O–H groups in total. The van der Waals surface area contributed by atoms with Gasteiger partial charge >= 0.3 is 5.97 Å². The van der Waals surface area contributed by atoms with Crippen molar-refractivity contribution in [3.63, 3.8) is 0 Å². The fourth-order valence-corrected chi connectivity index (χ4v) is 7.39. The first-order valence-corrected chi connectivity index (χ1v) is 9.34. The van der Waals surface area contributed by atoms with Crippen molar-refractivity contribution in [2.75, 3.05) is 0 Å². The molecule has 4 nitrogen and oxygen atoms in total. The Balaban J connectivity index is 1.65. The SMILES string of the molecule is C[C@]12C[C@](O)(C(=O)O)C[C@@H]1CC[C@H]1[C@@H]2CC[C@@]2(C)[C@@H](O)CC[C@@H]12. The summed E-state index contributed by atoms with van der Waals surface area (Å²) >= 11 is 0. The van der Waals surface area contributed by atoms with Gasteiger partial charge < -0.3 is 15.3 Å². The van der Waals surface area contributed by atoms with E-state index in [-0.39, 0.29) is 16.9 Å². The van der Waals surface area contributed by atoms with Gasteiger partial charge in [-0.3, -0.25) is 0 Å². The molecule has 4 fully saturated rings. The number of hydrogen-bond donors (Lipinski definition) is 3. The largest absolute Gasteiger partial charge is 0.479 e. The summed E-state index contributed by atoms with van der Waals surface area (Å²) in [7, 11) is 0. The van der Waals surface area contributed by atoms with Crippen LogP contribution in [0.1, 0.15) is 65.2 Å². The highest BCUT2D eigenvalue weighted by Gasteiger charge is 2.64. The third-order valence-corrected chi connectivity index (χ3v) is 8.67. The zero-order chi connectivity index (χ0) is 16.6. The van der Waals surface area contributed by atoms with Crippen LogP contribution in [0.25, 0.3) is 0 Å². The molecular weight excluding hydrogens is 292 g/mol. The molecule has 130 valence electrons. The van der Waals surface area contributed by atoms with Crippen LogP contribution >= 0.6 is 0 Å². The molecule has 0 aromatic rings. The lowest BCUT2D eigenvalue weighted by molar-refractivity contribution is -0.159. The van der Waals surface area contributed by atoms with E-state index < -0.39 is 11.6 Å². The Hall–Kier alpha value is -0.610. The van der Waals surface area contributed by atoms with Crippen LogP contribution in [0.2, 0.25) is 0 Å². The molecule has 0 amide bonds. The average Bonchev–Trinajstić information content (AvgIpc) is 2.93. The van der Waals surface area contributed by atoms with E-state index in [1.807, 2.05) is 0 Å². The Morgan fingerprint density at radius 2 is 1.70 bits per heavy atom. The summed E-state index contributed by atoms with van der Waals surface area (Å²) in [4.78, 5) is 11.6. The molecule has 0 unspecified atom stereocenters. The second kappa shape index (κ2) is 4.72. The lowest BCUT2D eigenvalue weighted by Gasteiger charge is -2.57. The molecule has 0 aromatic heterocycles. The van der Waals surface area contributed by atoms with Crippen LogP contribution < -0.4 is 0 Å². The van der Waals surface area contributed by atoms with Crippen LogP contribution in [0.3, 0.4) is 0 Å². The number of aliphatic hydroxyl groups excluding tert-OH is 1. The summed E-state index contributed by atoms with van der Waals surface area (Å²) in [6.45, 7) is 4.51. The third kappa shape index (κ3) is 1.94. The van der Waals surface area contributed by atoms with E-state index in [4.69, 9.17) is 0 Å². The number of rotatable bonds is 1. The van der Waals surface area contributed by atoms with Crippen LogP contribution in [-0.2, 0) is 4.79 Å². The lowest BCUT2D eigenvalue weighted by atomic mass is 9.48. The maximum absolute atomic E-state index is 11.6. The Bertz CT molecular complexity index is 533. The van der Waals surface area contributed by atoms with Crippen molar-refractivity contribution in [3.05, 3.63) is 0 Å². The van der Waals surface area contributed by atoms with E-state index >= 15 is 0 Å². The molecule has 0 bridgehead atoms. The smallest absolute Gasteiger partial charge is 0.335 e. The highest BCUT2D eigenvalue weighted by molar-refractivity contribution is 5.77. The molecule has 0 heterocycles. The van der Waals surface area contributed by atoms with Gasteiger partial charge in [-0.2, -0.15) is 0 Å². The number of carboxylic acid groups (broad SMARTS) is 1. The van der Waals surface area contributed by atoms with Gasteiger partial charge in [-0.15, -0.1) is 0 Å². The lowest BCUT2D eigenvalue weighted by Crippen LogP contribution is -2.51. The zero-order valence-electron chi connectivity index (χ0n) is 14.3. The van der Waals surface area contributed by atoms with Crippen LogP contribution in [0.4, 0.5) is 0 Å². The highest BCUT2D eigenvalue weighted by atomic mass is 16.4. The van der Waals surface area contributed by atoms with Crippen molar-refractivity contribution in [3.8, 4) is 0 Å². The molecule has 0 spiro atoms. The standard InChI is InChI=1S/C19H30O4/c1-17-8-7-14-12(13(17)5-6-15(17)20)4-3-11-9-19(23,16(21)22)10-18(11,14)2/h11-15,20,23H,3-10H2,1-2H3,(H,21,22)/t11-,12+,13-,14-,15-,17+,18-,19-/m0/s1. The first kappa shape index (κ1) is 15.9. The molecular formula is C19H30O4. The molecule has 4 aliphatic rings. The van der Waals surface area contributed by atoms with Crippen molar-refractivity contribution >= 4 is 5.97 Å². The summed E-state index contributed by atoms with van der Waals surface area (Å²) in [5, 5.41) is 30.5. The highest BCUT2D eigenvalue weighted by Crippen LogP contribution is 2.68. The molecule has 23 heavy (non-hydrogen) atoms. The van der Waals surface area contributed by atoms with E-state index in [1.165, 1.54) is 0 Å². The predicted octanol–water partition coefficient (Wildman–Crippen LogP) is 2.82. The normalized spacial score (nSPS) is 58.3. The van der Waals surface area contributed by atoms with E-state index in [0.717, 1.165) is 38.5 Å². The van der Waals surface area contributed by atoms with Crippen LogP contribution in [-0.4, -0.2) is 33.0 Å². The second-order valence-electron chi connectivity index (χ2n) is 9.51. The third-order valence-electron chi connectivity index (χ3n) is 8.67. The molecule has 4 saturated carbocycles. The Morgan fingerprint density at radius 1 is 1.00 bits per heavy atom. The van der Waals surface area contributed by atoms with Crippen LogP contribution in [0.15, 0.2) is 0 Å². The van der Waals surface area contributed by atoms with Crippen LogP contribution in [0.5, 0.6) is 0 Å². The minimum absolute atomic E-state index is 0.0507. The minimum atomic E-state index is -1.52. The Morgan fingerprint density at radius 3 is 2.39 bits per heavy atom. The Labute approximate surface area is 138 Å². The van der Waals surface area contributed by atoms with Crippen molar-refractivity contribution in [1.82, 2.24) is 0 Å². The number of aliphatic hydroxyl groups is 2. The number of carbonyl (C=O) groups is 1. The molecule has 0 saturated heterocycles. The zero-order valence-corrected chi connectivity index (χ0v) is 14.3. The summed E-state index contributed by atoms with van der Waals surface area (Å²) in [6.07, 6.45) is 7.01. The van der Waals surface area contributed by atoms with Gasteiger partial charge in [0.05, 0.1) is 6.10 Å². The first-order chi connectivity index (χ1) is 10.7. The quantitative estimate of drug-likeness (QED) is 0.694. The number of hydrogen-bond acceptors (Lipinski definition) is 3. The van der Waals surface area contributed by atoms with Crippen molar-refractivity contribution < 1.29 is 20.1 Å². The molecule has 4 aliphatic carbocycles. The van der Waals surface area contributed by atoms with Crippen molar-refractivity contribution in [1.29, 1.82) is 0 Å². The summed E-state index contributed by atoms with van der Waals surface area (Å²) in [5.41, 5.74) is -1.51. The van der Waals surface area contributed by atoms with Gasteiger partial charge in [0.1, 0.15) is 0 Å².